The number of ether oxygens (including phenoxy) is 2. The maximum Gasteiger partial charge on any atom is 0.179 e. The highest BCUT2D eigenvalue weighted by atomic mass is 16.6. The average molecular weight is 549 g/mol. The lowest BCUT2D eigenvalue weighted by molar-refractivity contribution is -0.106. The van der Waals surface area contributed by atoms with Gasteiger partial charge in [0, 0.05) is 11.5 Å². The van der Waals surface area contributed by atoms with Crippen LogP contribution in [-0.4, -0.2) is 54.6 Å². The van der Waals surface area contributed by atoms with Crippen LogP contribution in [0.2, 0.25) is 0 Å². The summed E-state index contributed by atoms with van der Waals surface area (Å²) in [6, 6.07) is 0. The molecule has 3 N–H and O–H groups in total. The average Bonchev–Trinajstić information content (AvgIpc) is 2.97. The standard InChI is InChI=1S/C34H60O5/c1-4-5-6-7-27-8-10-28(11-9-27)12-13-29-14-15-31-19-32(17-16-30(31)18-29)33(23-38-22-25(2)20-35)24-39-34(37)26(3)21-36/h27-37H,2-24H2,1H3. The molecule has 0 spiro atoms. The summed E-state index contributed by atoms with van der Waals surface area (Å²) < 4.78 is 11.6. The van der Waals surface area contributed by atoms with E-state index in [0.717, 1.165) is 29.6 Å². The molecule has 0 radical (unpaired) electrons. The SMILES string of the molecule is C=C(CO)COCC(COC(O)C(=C)CO)C1CCC2CC(CCC3CCC(CCCCC)CC3)CCC2C1. The molecule has 0 aromatic heterocycles. The minimum atomic E-state index is -1.15. The molecule has 0 aliphatic heterocycles. The summed E-state index contributed by atoms with van der Waals surface area (Å²) in [5.74, 6) is 5.28. The van der Waals surface area contributed by atoms with Crippen molar-refractivity contribution in [2.75, 3.05) is 33.0 Å². The van der Waals surface area contributed by atoms with Gasteiger partial charge in [0.2, 0.25) is 0 Å². The van der Waals surface area contributed by atoms with E-state index >= 15 is 0 Å². The van der Waals surface area contributed by atoms with Gasteiger partial charge in [-0.25, -0.2) is 0 Å². The van der Waals surface area contributed by atoms with Crippen LogP contribution < -0.4 is 0 Å². The molecule has 3 aliphatic carbocycles. The van der Waals surface area contributed by atoms with E-state index in [2.05, 4.69) is 20.1 Å². The van der Waals surface area contributed by atoms with Gasteiger partial charge in [-0.3, -0.25) is 0 Å². The van der Waals surface area contributed by atoms with Crippen LogP contribution in [0.4, 0.5) is 0 Å². The van der Waals surface area contributed by atoms with Crippen molar-refractivity contribution in [3.63, 3.8) is 0 Å². The Morgan fingerprint density at radius 1 is 0.769 bits per heavy atom. The van der Waals surface area contributed by atoms with E-state index in [1.165, 1.54) is 103 Å². The van der Waals surface area contributed by atoms with Crippen LogP contribution >= 0.6 is 0 Å². The minimum Gasteiger partial charge on any atom is -0.392 e. The zero-order chi connectivity index (χ0) is 28.0. The lowest BCUT2D eigenvalue weighted by Gasteiger charge is -2.44. The number of fused-ring (bicyclic) bond motifs is 1. The van der Waals surface area contributed by atoms with E-state index in [1.54, 1.807) is 0 Å². The molecule has 6 unspecified atom stereocenters. The van der Waals surface area contributed by atoms with Crippen LogP contribution in [0.25, 0.3) is 0 Å². The molecule has 3 aliphatic rings. The smallest absolute Gasteiger partial charge is 0.179 e. The Morgan fingerprint density at radius 2 is 1.41 bits per heavy atom. The summed E-state index contributed by atoms with van der Waals surface area (Å²) in [4.78, 5) is 0. The number of hydrogen-bond donors (Lipinski definition) is 3. The van der Waals surface area contributed by atoms with Crippen LogP contribution in [-0.2, 0) is 9.47 Å². The third-order valence-electron chi connectivity index (χ3n) is 10.5. The highest BCUT2D eigenvalue weighted by Gasteiger charge is 2.38. The molecule has 5 nitrogen and oxygen atoms in total. The Morgan fingerprint density at radius 3 is 2.10 bits per heavy atom. The normalized spacial score (nSPS) is 30.9. The predicted molar refractivity (Wildman–Crippen MR) is 159 cm³/mol. The van der Waals surface area contributed by atoms with Gasteiger partial charge in [-0.1, -0.05) is 90.7 Å². The summed E-state index contributed by atoms with van der Waals surface area (Å²) in [7, 11) is 0. The number of aliphatic hydroxyl groups excluding tert-OH is 3. The lowest BCUT2D eigenvalue weighted by atomic mass is 9.62. The summed E-state index contributed by atoms with van der Waals surface area (Å²) in [6.07, 6.45) is 21.2. The molecule has 0 heterocycles. The zero-order valence-corrected chi connectivity index (χ0v) is 25.0. The molecule has 39 heavy (non-hydrogen) atoms. The molecular formula is C34H60O5. The van der Waals surface area contributed by atoms with Gasteiger partial charge >= 0.3 is 0 Å². The molecule has 0 amide bonds. The van der Waals surface area contributed by atoms with E-state index in [9.17, 15) is 15.3 Å². The van der Waals surface area contributed by atoms with Gasteiger partial charge in [0.15, 0.2) is 6.29 Å². The van der Waals surface area contributed by atoms with E-state index in [4.69, 9.17) is 9.47 Å². The van der Waals surface area contributed by atoms with Crippen molar-refractivity contribution in [1.29, 1.82) is 0 Å². The minimum absolute atomic E-state index is 0.0646. The molecule has 5 heteroatoms. The van der Waals surface area contributed by atoms with Gasteiger partial charge in [-0.15, -0.1) is 0 Å². The molecule has 0 aromatic rings. The largest absolute Gasteiger partial charge is 0.392 e. The second-order valence-corrected chi connectivity index (χ2v) is 13.4. The van der Waals surface area contributed by atoms with Gasteiger partial charge < -0.3 is 24.8 Å². The highest BCUT2D eigenvalue weighted by molar-refractivity contribution is 4.97. The highest BCUT2D eigenvalue weighted by Crippen LogP contribution is 2.48. The van der Waals surface area contributed by atoms with Crippen molar-refractivity contribution in [2.24, 2.45) is 41.4 Å². The van der Waals surface area contributed by atoms with E-state index in [0.29, 0.717) is 31.3 Å². The summed E-state index contributed by atoms with van der Waals surface area (Å²) in [5.41, 5.74) is 0.954. The fourth-order valence-corrected chi connectivity index (χ4v) is 7.81. The summed E-state index contributed by atoms with van der Waals surface area (Å²) in [6.45, 7) is 10.7. The first-order valence-corrected chi connectivity index (χ1v) is 16.4. The van der Waals surface area contributed by atoms with Crippen LogP contribution in [0.5, 0.6) is 0 Å². The zero-order valence-electron chi connectivity index (χ0n) is 25.0. The van der Waals surface area contributed by atoms with Crippen molar-refractivity contribution in [1.82, 2.24) is 0 Å². The molecule has 0 saturated heterocycles. The van der Waals surface area contributed by atoms with E-state index in [1.807, 2.05) is 0 Å². The maximum atomic E-state index is 10.2. The van der Waals surface area contributed by atoms with Crippen LogP contribution in [0.15, 0.2) is 24.3 Å². The monoisotopic (exact) mass is 548 g/mol. The Balaban J connectivity index is 1.41. The lowest BCUT2D eigenvalue weighted by Crippen LogP contribution is -2.37. The number of rotatable bonds is 18. The Labute approximate surface area is 239 Å². The van der Waals surface area contributed by atoms with Gasteiger partial charge in [0.1, 0.15) is 0 Å². The first kappa shape index (κ1) is 32.8. The maximum absolute atomic E-state index is 10.2. The Bertz CT molecular complexity index is 700. The third kappa shape index (κ3) is 11.2. The van der Waals surface area contributed by atoms with Gasteiger partial charge in [-0.2, -0.15) is 0 Å². The van der Waals surface area contributed by atoms with Crippen LogP contribution in [0.1, 0.15) is 110 Å². The fraction of sp³-hybridized carbons (Fsp3) is 0.882. The molecular weight excluding hydrogens is 488 g/mol. The van der Waals surface area contributed by atoms with Crippen molar-refractivity contribution < 1.29 is 24.8 Å². The topological polar surface area (TPSA) is 79.2 Å². The number of aliphatic hydroxyl groups is 3. The molecule has 0 aromatic carbocycles. The first-order valence-electron chi connectivity index (χ1n) is 16.4. The van der Waals surface area contributed by atoms with Gasteiger partial charge in [0.25, 0.3) is 0 Å². The fourth-order valence-electron chi connectivity index (χ4n) is 7.81. The molecule has 3 fully saturated rings. The quantitative estimate of drug-likeness (QED) is 0.0972. The Kier molecular flexibility index (Phi) is 15.1. The number of hydrogen-bond acceptors (Lipinski definition) is 5. The van der Waals surface area contributed by atoms with Gasteiger partial charge in [0.05, 0.1) is 33.0 Å². The van der Waals surface area contributed by atoms with Crippen molar-refractivity contribution >= 4 is 0 Å². The summed E-state index contributed by atoms with van der Waals surface area (Å²) in [5, 5.41) is 28.7. The molecule has 6 atom stereocenters. The summed E-state index contributed by atoms with van der Waals surface area (Å²) >= 11 is 0. The second-order valence-electron chi connectivity index (χ2n) is 13.4. The first-order chi connectivity index (χ1) is 18.9. The van der Waals surface area contributed by atoms with E-state index in [-0.39, 0.29) is 24.7 Å². The second kappa shape index (κ2) is 18.0. The predicted octanol–water partition coefficient (Wildman–Crippen LogP) is 7.05. The third-order valence-corrected chi connectivity index (χ3v) is 10.5. The number of unbranched alkanes of at least 4 members (excludes halogenated alkanes) is 2. The molecule has 3 rings (SSSR count). The van der Waals surface area contributed by atoms with E-state index < -0.39 is 6.29 Å². The van der Waals surface area contributed by atoms with Crippen molar-refractivity contribution in [3.05, 3.63) is 24.3 Å². The van der Waals surface area contributed by atoms with Crippen LogP contribution in [0.3, 0.4) is 0 Å². The van der Waals surface area contributed by atoms with Crippen LogP contribution in [0, 0.1) is 41.4 Å². The molecule has 226 valence electrons. The van der Waals surface area contributed by atoms with Gasteiger partial charge in [-0.05, 0) is 73.2 Å². The van der Waals surface area contributed by atoms with Crippen molar-refractivity contribution in [3.8, 4) is 0 Å². The Hall–Kier alpha value is -0.720. The van der Waals surface area contributed by atoms with Crippen molar-refractivity contribution in [2.45, 2.75) is 116 Å². The molecule has 3 saturated carbocycles. The molecule has 0 bridgehead atoms.